The number of hydrogen-bond donors (Lipinski definition) is 1. The molecule has 2 heteroatoms. The molecule has 1 fully saturated rings. The number of nitrogens with zero attached hydrogens (tertiary/aromatic N) is 1. The van der Waals surface area contributed by atoms with Crippen molar-refractivity contribution in [1.29, 1.82) is 0 Å². The van der Waals surface area contributed by atoms with Crippen LogP contribution in [0.25, 0.3) is 0 Å². The second kappa shape index (κ2) is 6.75. The van der Waals surface area contributed by atoms with Gasteiger partial charge >= 0.3 is 0 Å². The molecule has 2 nitrogen and oxygen atoms in total. The van der Waals surface area contributed by atoms with Crippen LogP contribution in [-0.4, -0.2) is 37.1 Å². The van der Waals surface area contributed by atoms with E-state index in [0.717, 1.165) is 12.5 Å². The first kappa shape index (κ1) is 15.0. The molecule has 0 aliphatic carbocycles. The molecule has 0 aromatic carbocycles. The Hall–Kier alpha value is -0.0800. The molecule has 1 aliphatic heterocycles. The molecule has 17 heavy (non-hydrogen) atoms. The first-order valence-electron chi connectivity index (χ1n) is 7.39. The molecule has 2 unspecified atom stereocenters. The summed E-state index contributed by atoms with van der Waals surface area (Å²) in [7, 11) is 0. The zero-order valence-corrected chi connectivity index (χ0v) is 12.6. The summed E-state index contributed by atoms with van der Waals surface area (Å²) in [6.45, 7) is 16.7. The smallest absolute Gasteiger partial charge is 0.00508 e. The lowest BCUT2D eigenvalue weighted by molar-refractivity contribution is 0.225. The number of rotatable bonds is 6. The van der Waals surface area contributed by atoms with Crippen molar-refractivity contribution >= 4 is 0 Å². The Morgan fingerprint density at radius 1 is 1.35 bits per heavy atom. The van der Waals surface area contributed by atoms with Gasteiger partial charge < -0.3 is 10.2 Å². The predicted octanol–water partition coefficient (Wildman–Crippen LogP) is 3.13. The summed E-state index contributed by atoms with van der Waals surface area (Å²) in [6.07, 6.45) is 3.91. The van der Waals surface area contributed by atoms with E-state index in [2.05, 4.69) is 44.8 Å². The predicted molar refractivity (Wildman–Crippen MR) is 76.4 cm³/mol. The van der Waals surface area contributed by atoms with Gasteiger partial charge in [-0.05, 0) is 57.2 Å². The van der Waals surface area contributed by atoms with E-state index in [0.29, 0.717) is 11.5 Å². The van der Waals surface area contributed by atoms with E-state index < -0.39 is 0 Å². The molecule has 0 aromatic rings. The summed E-state index contributed by atoms with van der Waals surface area (Å²) < 4.78 is 0. The van der Waals surface area contributed by atoms with Crippen LogP contribution < -0.4 is 5.32 Å². The van der Waals surface area contributed by atoms with E-state index in [4.69, 9.17) is 0 Å². The van der Waals surface area contributed by atoms with Crippen molar-refractivity contribution in [3.05, 3.63) is 0 Å². The summed E-state index contributed by atoms with van der Waals surface area (Å²) >= 11 is 0. The summed E-state index contributed by atoms with van der Waals surface area (Å²) in [5.74, 6) is 0.890. The third-order valence-electron chi connectivity index (χ3n) is 4.12. The molecule has 1 saturated heterocycles. The highest BCUT2D eigenvalue weighted by atomic mass is 15.1. The molecule has 0 radical (unpaired) electrons. The fourth-order valence-corrected chi connectivity index (χ4v) is 2.61. The Balaban J connectivity index is 2.18. The molecule has 1 rings (SSSR count). The third-order valence-corrected chi connectivity index (χ3v) is 4.12. The Kier molecular flexibility index (Phi) is 5.94. The first-order chi connectivity index (χ1) is 7.93. The van der Waals surface area contributed by atoms with Crippen molar-refractivity contribution in [1.82, 2.24) is 10.2 Å². The van der Waals surface area contributed by atoms with Crippen LogP contribution in [-0.2, 0) is 0 Å². The molecule has 2 atom stereocenters. The number of likely N-dealkylation sites (tertiary alicyclic amines) is 1. The monoisotopic (exact) mass is 240 g/mol. The summed E-state index contributed by atoms with van der Waals surface area (Å²) in [5.41, 5.74) is 0.487. The van der Waals surface area contributed by atoms with Gasteiger partial charge in [-0.25, -0.2) is 0 Å². The maximum atomic E-state index is 3.57. The lowest BCUT2D eigenvalue weighted by atomic mass is 9.80. The normalized spacial score (nSPS) is 24.2. The number of nitrogens with one attached hydrogen (secondary N) is 1. The van der Waals surface area contributed by atoms with Crippen molar-refractivity contribution in [2.24, 2.45) is 11.3 Å². The molecule has 0 saturated carbocycles. The van der Waals surface area contributed by atoms with E-state index in [1.165, 1.54) is 38.9 Å². The highest BCUT2D eigenvalue weighted by molar-refractivity contribution is 4.84. The molecule has 0 spiro atoms. The van der Waals surface area contributed by atoms with E-state index in [1.807, 2.05) is 0 Å². The Morgan fingerprint density at radius 3 is 2.59 bits per heavy atom. The maximum absolute atomic E-state index is 3.57. The van der Waals surface area contributed by atoms with E-state index in [-0.39, 0.29) is 0 Å². The summed E-state index contributed by atoms with van der Waals surface area (Å²) in [5, 5.41) is 3.57. The number of hydrogen-bond acceptors (Lipinski definition) is 2. The second-order valence-electron chi connectivity index (χ2n) is 6.80. The van der Waals surface area contributed by atoms with Gasteiger partial charge in [0.05, 0.1) is 0 Å². The zero-order chi connectivity index (χ0) is 12.9. The largest absolute Gasteiger partial charge is 0.314 e. The highest BCUT2D eigenvalue weighted by Gasteiger charge is 2.31. The SMILES string of the molecule is CCCNC(C)CCN1CCC(C(C)(C)C)C1. The Morgan fingerprint density at radius 2 is 2.06 bits per heavy atom. The van der Waals surface area contributed by atoms with Gasteiger partial charge in [-0.1, -0.05) is 27.7 Å². The van der Waals surface area contributed by atoms with Crippen molar-refractivity contribution in [3.63, 3.8) is 0 Å². The fourth-order valence-electron chi connectivity index (χ4n) is 2.61. The minimum atomic E-state index is 0.487. The average molecular weight is 240 g/mol. The van der Waals surface area contributed by atoms with Gasteiger partial charge in [-0.2, -0.15) is 0 Å². The molecule has 0 aromatic heterocycles. The molecule has 1 N–H and O–H groups in total. The topological polar surface area (TPSA) is 15.3 Å². The zero-order valence-electron chi connectivity index (χ0n) is 12.6. The molecular formula is C15H32N2. The van der Waals surface area contributed by atoms with Gasteiger partial charge in [0, 0.05) is 12.6 Å². The highest BCUT2D eigenvalue weighted by Crippen LogP contribution is 2.33. The lowest BCUT2D eigenvalue weighted by Gasteiger charge is -2.27. The van der Waals surface area contributed by atoms with Crippen molar-refractivity contribution in [3.8, 4) is 0 Å². The molecule has 0 bridgehead atoms. The standard InChI is InChI=1S/C15H32N2/c1-6-9-16-13(2)7-10-17-11-8-14(12-17)15(3,4)5/h13-14,16H,6-12H2,1-5H3. The van der Waals surface area contributed by atoms with Crippen molar-refractivity contribution < 1.29 is 0 Å². The molecule has 1 heterocycles. The van der Waals surface area contributed by atoms with Gasteiger partial charge in [0.15, 0.2) is 0 Å². The minimum absolute atomic E-state index is 0.487. The molecule has 1 aliphatic rings. The molecular weight excluding hydrogens is 208 g/mol. The van der Waals surface area contributed by atoms with E-state index >= 15 is 0 Å². The molecule has 102 valence electrons. The maximum Gasteiger partial charge on any atom is 0.00508 e. The van der Waals surface area contributed by atoms with Gasteiger partial charge in [0.2, 0.25) is 0 Å². The van der Waals surface area contributed by atoms with Gasteiger partial charge in [0.25, 0.3) is 0 Å². The van der Waals surface area contributed by atoms with Crippen LogP contribution >= 0.6 is 0 Å². The van der Waals surface area contributed by atoms with Crippen LogP contribution in [0.3, 0.4) is 0 Å². The van der Waals surface area contributed by atoms with Crippen LogP contribution in [0.5, 0.6) is 0 Å². The van der Waals surface area contributed by atoms with Crippen LogP contribution in [0.2, 0.25) is 0 Å². The van der Waals surface area contributed by atoms with Gasteiger partial charge in [-0.3, -0.25) is 0 Å². The lowest BCUT2D eigenvalue weighted by Crippen LogP contribution is -2.32. The van der Waals surface area contributed by atoms with Crippen LogP contribution in [0.1, 0.15) is 53.9 Å². The Labute approximate surface area is 108 Å². The van der Waals surface area contributed by atoms with Crippen molar-refractivity contribution in [2.75, 3.05) is 26.2 Å². The van der Waals surface area contributed by atoms with Gasteiger partial charge in [-0.15, -0.1) is 0 Å². The third kappa shape index (κ3) is 5.39. The summed E-state index contributed by atoms with van der Waals surface area (Å²) in [4.78, 5) is 2.65. The van der Waals surface area contributed by atoms with Crippen LogP contribution in [0.15, 0.2) is 0 Å². The van der Waals surface area contributed by atoms with Crippen molar-refractivity contribution in [2.45, 2.75) is 59.9 Å². The minimum Gasteiger partial charge on any atom is -0.314 e. The average Bonchev–Trinajstić information content (AvgIpc) is 2.71. The fraction of sp³-hybridized carbons (Fsp3) is 1.00. The van der Waals surface area contributed by atoms with Gasteiger partial charge in [0.1, 0.15) is 0 Å². The summed E-state index contributed by atoms with van der Waals surface area (Å²) in [6, 6.07) is 0.670. The van der Waals surface area contributed by atoms with Crippen LogP contribution in [0.4, 0.5) is 0 Å². The van der Waals surface area contributed by atoms with Crippen LogP contribution in [0, 0.1) is 11.3 Å². The van der Waals surface area contributed by atoms with E-state index in [1.54, 1.807) is 0 Å². The quantitative estimate of drug-likeness (QED) is 0.767. The molecule has 0 amide bonds. The Bertz CT molecular complexity index is 207. The second-order valence-corrected chi connectivity index (χ2v) is 6.80. The van der Waals surface area contributed by atoms with E-state index in [9.17, 15) is 0 Å². The first-order valence-corrected chi connectivity index (χ1v) is 7.39.